The van der Waals surface area contributed by atoms with Gasteiger partial charge in [0.25, 0.3) is 5.91 Å². The Morgan fingerprint density at radius 1 is 1.24 bits per heavy atom. The second-order valence-electron chi connectivity index (χ2n) is 4.91. The van der Waals surface area contributed by atoms with E-state index < -0.39 is 23.4 Å². The summed E-state index contributed by atoms with van der Waals surface area (Å²) in [5.41, 5.74) is 4.42. The average molecular weight is 293 g/mol. The van der Waals surface area contributed by atoms with E-state index in [9.17, 15) is 19.5 Å². The standard InChI is InChI=1S/C14H19N3O4/c1-3-8-14(2,12(19)20)17-11(18)9-4-6-10(7-5-9)16-13(15)21/h4-7H,3,8H2,1-2H3,(H,17,18)(H,19,20)(H3,15,16,21). The maximum absolute atomic E-state index is 12.1. The van der Waals surface area contributed by atoms with Gasteiger partial charge in [-0.05, 0) is 37.6 Å². The van der Waals surface area contributed by atoms with Crippen LogP contribution in [-0.4, -0.2) is 28.6 Å². The number of nitrogens with two attached hydrogens (primary N) is 1. The molecule has 5 N–H and O–H groups in total. The van der Waals surface area contributed by atoms with Crippen molar-refractivity contribution in [3.05, 3.63) is 29.8 Å². The predicted octanol–water partition coefficient (Wildman–Crippen LogP) is 1.55. The van der Waals surface area contributed by atoms with Gasteiger partial charge in [0.2, 0.25) is 0 Å². The highest BCUT2D eigenvalue weighted by atomic mass is 16.4. The maximum atomic E-state index is 12.1. The van der Waals surface area contributed by atoms with Gasteiger partial charge >= 0.3 is 12.0 Å². The largest absolute Gasteiger partial charge is 0.480 e. The van der Waals surface area contributed by atoms with Crippen molar-refractivity contribution in [2.45, 2.75) is 32.2 Å². The molecule has 1 unspecified atom stereocenters. The number of urea groups is 1. The SMILES string of the molecule is CCCC(C)(NC(=O)c1ccc(NC(N)=O)cc1)C(=O)O. The van der Waals surface area contributed by atoms with Gasteiger partial charge in [0.15, 0.2) is 0 Å². The number of amides is 3. The molecule has 1 rings (SSSR count). The molecule has 0 aliphatic carbocycles. The fourth-order valence-electron chi connectivity index (χ4n) is 1.89. The van der Waals surface area contributed by atoms with Crippen molar-refractivity contribution in [2.24, 2.45) is 5.73 Å². The first-order chi connectivity index (χ1) is 9.78. The lowest BCUT2D eigenvalue weighted by Crippen LogP contribution is -2.52. The molecule has 0 spiro atoms. The van der Waals surface area contributed by atoms with E-state index in [2.05, 4.69) is 10.6 Å². The number of carbonyl (C=O) groups is 3. The summed E-state index contributed by atoms with van der Waals surface area (Å²) in [5.74, 6) is -1.57. The second kappa shape index (κ2) is 6.74. The van der Waals surface area contributed by atoms with E-state index in [0.29, 0.717) is 24.1 Å². The molecule has 0 saturated carbocycles. The first-order valence-corrected chi connectivity index (χ1v) is 6.51. The topological polar surface area (TPSA) is 122 Å². The molecule has 3 amide bonds. The van der Waals surface area contributed by atoms with Crippen molar-refractivity contribution >= 4 is 23.6 Å². The number of hydrogen-bond acceptors (Lipinski definition) is 3. The summed E-state index contributed by atoms with van der Waals surface area (Å²) >= 11 is 0. The smallest absolute Gasteiger partial charge is 0.329 e. The molecule has 1 aromatic rings. The fourth-order valence-corrected chi connectivity index (χ4v) is 1.89. The highest BCUT2D eigenvalue weighted by Gasteiger charge is 2.33. The van der Waals surface area contributed by atoms with Gasteiger partial charge in [-0.25, -0.2) is 9.59 Å². The van der Waals surface area contributed by atoms with Crippen LogP contribution in [0.1, 0.15) is 37.0 Å². The number of primary amides is 1. The van der Waals surface area contributed by atoms with Crippen molar-refractivity contribution in [3.63, 3.8) is 0 Å². The van der Waals surface area contributed by atoms with Crippen LogP contribution in [-0.2, 0) is 4.79 Å². The fraction of sp³-hybridized carbons (Fsp3) is 0.357. The van der Waals surface area contributed by atoms with Crippen molar-refractivity contribution in [1.82, 2.24) is 5.32 Å². The van der Waals surface area contributed by atoms with Gasteiger partial charge in [-0.2, -0.15) is 0 Å². The number of rotatable bonds is 6. The van der Waals surface area contributed by atoms with Gasteiger partial charge in [-0.15, -0.1) is 0 Å². The van der Waals surface area contributed by atoms with Gasteiger partial charge in [-0.1, -0.05) is 13.3 Å². The van der Waals surface area contributed by atoms with Crippen LogP contribution in [0.4, 0.5) is 10.5 Å². The zero-order valence-corrected chi connectivity index (χ0v) is 12.0. The molecule has 0 bridgehead atoms. The molecule has 0 saturated heterocycles. The molecule has 0 heterocycles. The number of hydrogen-bond donors (Lipinski definition) is 4. The second-order valence-corrected chi connectivity index (χ2v) is 4.91. The number of anilines is 1. The van der Waals surface area contributed by atoms with Crippen LogP contribution in [0.25, 0.3) is 0 Å². The Labute approximate surface area is 122 Å². The van der Waals surface area contributed by atoms with Crippen LogP contribution in [0, 0.1) is 0 Å². The molecule has 1 aromatic carbocycles. The Balaban J connectivity index is 2.83. The number of carboxylic acids is 1. The number of carbonyl (C=O) groups excluding carboxylic acids is 2. The predicted molar refractivity (Wildman–Crippen MR) is 78.1 cm³/mol. The normalized spacial score (nSPS) is 13.0. The highest BCUT2D eigenvalue weighted by molar-refractivity contribution is 5.98. The first kappa shape index (κ1) is 16.5. The van der Waals surface area contributed by atoms with Crippen molar-refractivity contribution < 1.29 is 19.5 Å². The summed E-state index contributed by atoms with van der Waals surface area (Å²) in [6.45, 7) is 3.32. The first-order valence-electron chi connectivity index (χ1n) is 6.51. The van der Waals surface area contributed by atoms with Crippen LogP contribution in [0.3, 0.4) is 0 Å². The van der Waals surface area contributed by atoms with E-state index in [1.165, 1.54) is 31.2 Å². The molecule has 21 heavy (non-hydrogen) atoms. The minimum absolute atomic E-state index is 0.300. The highest BCUT2D eigenvalue weighted by Crippen LogP contribution is 2.15. The minimum atomic E-state index is -1.31. The number of aliphatic carboxylic acids is 1. The molecule has 7 heteroatoms. The Hall–Kier alpha value is -2.57. The molecule has 1 atom stereocenters. The summed E-state index contributed by atoms with van der Waals surface area (Å²) in [6, 6.07) is 5.28. The van der Waals surface area contributed by atoms with Crippen molar-refractivity contribution in [3.8, 4) is 0 Å². The minimum Gasteiger partial charge on any atom is -0.480 e. The molecule has 7 nitrogen and oxygen atoms in total. The van der Waals surface area contributed by atoms with Gasteiger partial charge in [0.1, 0.15) is 5.54 Å². The number of benzene rings is 1. The van der Waals surface area contributed by atoms with E-state index in [4.69, 9.17) is 5.73 Å². The van der Waals surface area contributed by atoms with E-state index in [1.54, 1.807) is 0 Å². The summed E-state index contributed by atoms with van der Waals surface area (Å²) < 4.78 is 0. The van der Waals surface area contributed by atoms with Crippen LogP contribution in [0.2, 0.25) is 0 Å². The number of nitrogens with one attached hydrogen (secondary N) is 2. The Kier molecular flexibility index (Phi) is 5.29. The van der Waals surface area contributed by atoms with Gasteiger partial charge in [-0.3, -0.25) is 4.79 Å². The van der Waals surface area contributed by atoms with Gasteiger partial charge < -0.3 is 21.5 Å². The lowest BCUT2D eigenvalue weighted by Gasteiger charge is -2.25. The lowest BCUT2D eigenvalue weighted by atomic mass is 9.95. The zero-order valence-electron chi connectivity index (χ0n) is 12.0. The van der Waals surface area contributed by atoms with Crippen LogP contribution in [0.15, 0.2) is 24.3 Å². The number of carboxylic acid groups (broad SMARTS) is 1. The monoisotopic (exact) mass is 293 g/mol. The Morgan fingerprint density at radius 2 is 1.81 bits per heavy atom. The summed E-state index contributed by atoms with van der Waals surface area (Å²) in [6.07, 6.45) is 0.958. The maximum Gasteiger partial charge on any atom is 0.329 e. The van der Waals surface area contributed by atoms with Crippen LogP contribution >= 0.6 is 0 Å². The molecular formula is C14H19N3O4. The van der Waals surface area contributed by atoms with E-state index in [1.807, 2.05) is 6.92 Å². The third-order valence-electron chi connectivity index (χ3n) is 3.03. The van der Waals surface area contributed by atoms with E-state index in [-0.39, 0.29) is 0 Å². The average Bonchev–Trinajstić information content (AvgIpc) is 2.38. The third kappa shape index (κ3) is 4.48. The quantitative estimate of drug-likeness (QED) is 0.635. The summed E-state index contributed by atoms with van der Waals surface area (Å²) in [7, 11) is 0. The van der Waals surface area contributed by atoms with Crippen LogP contribution < -0.4 is 16.4 Å². The van der Waals surface area contributed by atoms with Crippen molar-refractivity contribution in [1.29, 1.82) is 0 Å². The molecule has 0 aromatic heterocycles. The summed E-state index contributed by atoms with van der Waals surface area (Å²) in [4.78, 5) is 34.1. The molecule has 0 fully saturated rings. The van der Waals surface area contributed by atoms with E-state index >= 15 is 0 Å². The Bertz CT molecular complexity index is 542. The Morgan fingerprint density at radius 3 is 2.24 bits per heavy atom. The molecule has 0 aliphatic heterocycles. The molecule has 114 valence electrons. The molecular weight excluding hydrogens is 274 g/mol. The van der Waals surface area contributed by atoms with E-state index in [0.717, 1.165) is 0 Å². The van der Waals surface area contributed by atoms with Crippen molar-refractivity contribution in [2.75, 3.05) is 5.32 Å². The van der Waals surface area contributed by atoms with Gasteiger partial charge in [0.05, 0.1) is 0 Å². The van der Waals surface area contributed by atoms with Crippen LogP contribution in [0.5, 0.6) is 0 Å². The summed E-state index contributed by atoms with van der Waals surface area (Å²) in [5, 5.41) is 14.1. The molecule has 0 aliphatic rings. The molecule has 0 radical (unpaired) electrons. The zero-order chi connectivity index (χ0) is 16.0. The lowest BCUT2D eigenvalue weighted by molar-refractivity contribution is -0.144. The van der Waals surface area contributed by atoms with Gasteiger partial charge in [0, 0.05) is 11.3 Å². The third-order valence-corrected chi connectivity index (χ3v) is 3.03.